The molecule has 0 bridgehead atoms. The second-order valence-electron chi connectivity index (χ2n) is 8.39. The van der Waals surface area contributed by atoms with Crippen molar-refractivity contribution < 1.29 is 9.63 Å². The molecule has 2 rings (SSSR count). The molecule has 0 saturated carbocycles. The molecule has 1 heterocycles. The molecular weight excluding hydrogens is 443 g/mol. The summed E-state index contributed by atoms with van der Waals surface area (Å²) in [6, 6.07) is 8.62. The smallest absolute Gasteiger partial charge is 0.296 e. The molecule has 1 amide bonds. The third-order valence-electron chi connectivity index (χ3n) is 3.83. The number of nitrogens with zero attached hydrogens (tertiary/aromatic N) is 3. The van der Waals surface area contributed by atoms with E-state index in [9.17, 15) is 4.79 Å². The molecule has 29 heavy (non-hydrogen) atoms. The lowest BCUT2D eigenvalue weighted by atomic mass is 9.87. The highest BCUT2D eigenvalue weighted by Crippen LogP contribution is 2.44. The molecule has 160 valence electrons. The Morgan fingerprint density at radius 1 is 1.21 bits per heavy atom. The molecule has 0 atom stereocenters. The second kappa shape index (κ2) is 10.0. The zero-order valence-corrected chi connectivity index (χ0v) is 21.4. The van der Waals surface area contributed by atoms with Crippen LogP contribution in [0, 0.1) is 0 Å². The maximum absolute atomic E-state index is 12.3. The van der Waals surface area contributed by atoms with Crippen molar-refractivity contribution in [1.29, 1.82) is 0 Å². The standard InChI is InChI=1S/C20H29N3O2S4/c1-13(2)21-17-26-16(20(6,7)27-17)22-25-18(24)23(8)29-28-15-11-9-14(10-12-15)19(3,4)5/h9-13H,1-8H3. The molecule has 1 aliphatic rings. The monoisotopic (exact) mass is 471 g/mol. The molecule has 5 nitrogen and oxygen atoms in total. The number of amides is 1. The van der Waals surface area contributed by atoms with Crippen LogP contribution in [0.3, 0.4) is 0 Å². The van der Waals surface area contributed by atoms with Gasteiger partial charge in [-0.2, -0.15) is 0 Å². The number of hydrogen-bond acceptors (Lipinski definition) is 8. The van der Waals surface area contributed by atoms with Gasteiger partial charge in [-0.25, -0.2) is 9.10 Å². The van der Waals surface area contributed by atoms with Crippen LogP contribution in [0.15, 0.2) is 39.3 Å². The number of hydrogen-bond donors (Lipinski definition) is 0. The molecule has 1 aromatic carbocycles. The van der Waals surface area contributed by atoms with E-state index in [2.05, 4.69) is 69.0 Å². The van der Waals surface area contributed by atoms with Crippen molar-refractivity contribution in [3.8, 4) is 0 Å². The maximum atomic E-state index is 12.3. The molecule has 0 radical (unpaired) electrons. The Hall–Kier alpha value is -0.770. The summed E-state index contributed by atoms with van der Waals surface area (Å²) in [5.74, 6) is 0. The minimum absolute atomic E-state index is 0.125. The normalized spacial score (nSPS) is 19.2. The van der Waals surface area contributed by atoms with Gasteiger partial charge in [0.1, 0.15) is 9.42 Å². The van der Waals surface area contributed by atoms with Crippen molar-refractivity contribution in [3.05, 3.63) is 29.8 Å². The highest BCUT2D eigenvalue weighted by atomic mass is 33.1. The average Bonchev–Trinajstić information content (AvgIpc) is 2.89. The van der Waals surface area contributed by atoms with Gasteiger partial charge in [0, 0.05) is 29.0 Å². The molecule has 0 spiro atoms. The first-order valence-electron chi connectivity index (χ1n) is 9.31. The minimum atomic E-state index is -0.503. The minimum Gasteiger partial charge on any atom is -0.296 e. The third-order valence-corrected chi connectivity index (χ3v) is 8.89. The van der Waals surface area contributed by atoms with Gasteiger partial charge in [-0.3, -0.25) is 9.83 Å². The van der Waals surface area contributed by atoms with E-state index in [-0.39, 0.29) is 16.2 Å². The van der Waals surface area contributed by atoms with Crippen LogP contribution in [-0.2, 0) is 10.3 Å². The van der Waals surface area contributed by atoms with Gasteiger partial charge in [-0.05, 0) is 73.4 Å². The van der Waals surface area contributed by atoms with Gasteiger partial charge in [0.15, 0.2) is 0 Å². The van der Waals surface area contributed by atoms with E-state index >= 15 is 0 Å². The topological polar surface area (TPSA) is 54.3 Å². The molecule has 0 aliphatic carbocycles. The Morgan fingerprint density at radius 2 is 1.83 bits per heavy atom. The van der Waals surface area contributed by atoms with Gasteiger partial charge < -0.3 is 0 Å². The van der Waals surface area contributed by atoms with Crippen LogP contribution in [0.25, 0.3) is 0 Å². The number of aliphatic imine (C=N–C) groups is 1. The third kappa shape index (κ3) is 7.45. The van der Waals surface area contributed by atoms with Crippen LogP contribution in [-0.4, -0.2) is 37.7 Å². The van der Waals surface area contributed by atoms with Crippen molar-refractivity contribution in [2.45, 2.75) is 69.6 Å². The zero-order valence-electron chi connectivity index (χ0n) is 18.2. The Kier molecular flexibility index (Phi) is 8.47. The lowest BCUT2D eigenvalue weighted by Gasteiger charge is -2.19. The predicted molar refractivity (Wildman–Crippen MR) is 132 cm³/mol. The fourth-order valence-electron chi connectivity index (χ4n) is 2.16. The first-order valence-corrected chi connectivity index (χ1v) is 13.1. The summed E-state index contributed by atoms with van der Waals surface area (Å²) < 4.78 is 2.14. The Labute approximate surface area is 190 Å². The molecule has 1 aliphatic heterocycles. The van der Waals surface area contributed by atoms with Crippen LogP contribution in [0.1, 0.15) is 54.0 Å². The van der Waals surface area contributed by atoms with Gasteiger partial charge in [0.2, 0.25) is 0 Å². The Morgan fingerprint density at radius 3 is 2.38 bits per heavy atom. The van der Waals surface area contributed by atoms with Crippen molar-refractivity contribution in [2.24, 2.45) is 10.1 Å². The van der Waals surface area contributed by atoms with E-state index in [0.717, 1.165) is 14.3 Å². The summed E-state index contributed by atoms with van der Waals surface area (Å²) in [5, 5.41) is 4.86. The van der Waals surface area contributed by atoms with E-state index in [0.29, 0.717) is 0 Å². The van der Waals surface area contributed by atoms with E-state index in [1.807, 2.05) is 13.8 Å². The van der Waals surface area contributed by atoms with E-state index < -0.39 is 6.09 Å². The van der Waals surface area contributed by atoms with Gasteiger partial charge >= 0.3 is 6.09 Å². The van der Waals surface area contributed by atoms with Crippen molar-refractivity contribution in [2.75, 3.05) is 7.05 Å². The Balaban J connectivity index is 1.90. The lowest BCUT2D eigenvalue weighted by molar-refractivity contribution is 0.137. The number of rotatable bonds is 5. The quantitative estimate of drug-likeness (QED) is 0.199. The highest BCUT2D eigenvalue weighted by Gasteiger charge is 2.38. The SMILES string of the molecule is CC(C)N=C1SC(=NOC(=O)N(C)SSc2ccc(C(C)(C)C)cc2)C(C)(C)S1. The fraction of sp³-hybridized carbons (Fsp3) is 0.550. The molecule has 0 aromatic heterocycles. The van der Waals surface area contributed by atoms with E-state index in [1.165, 1.54) is 43.4 Å². The van der Waals surface area contributed by atoms with Crippen molar-refractivity contribution in [3.63, 3.8) is 0 Å². The Bertz CT molecular complexity index is 784. The number of oxime groups is 1. The van der Waals surface area contributed by atoms with Crippen LogP contribution in [0.2, 0.25) is 0 Å². The number of carbonyl (C=O) groups excluding carboxylic acids is 1. The van der Waals surface area contributed by atoms with Crippen molar-refractivity contribution >= 4 is 60.8 Å². The first-order chi connectivity index (χ1) is 13.4. The molecule has 1 saturated heterocycles. The molecule has 0 unspecified atom stereocenters. The van der Waals surface area contributed by atoms with Gasteiger partial charge in [0.05, 0.1) is 4.75 Å². The summed E-state index contributed by atoms with van der Waals surface area (Å²) >= 11 is 3.11. The second-order valence-corrected chi connectivity index (χ2v) is 13.5. The molecule has 0 N–H and O–H groups in total. The van der Waals surface area contributed by atoms with Crippen molar-refractivity contribution in [1.82, 2.24) is 4.31 Å². The largest absolute Gasteiger partial charge is 0.446 e. The summed E-state index contributed by atoms with van der Waals surface area (Å²) in [6.07, 6.45) is -0.503. The summed E-state index contributed by atoms with van der Waals surface area (Å²) in [7, 11) is 4.50. The molecular formula is C20H29N3O2S4. The fourth-order valence-corrected chi connectivity index (χ4v) is 6.66. The molecule has 1 aromatic rings. The zero-order chi connectivity index (χ0) is 21.8. The first kappa shape index (κ1) is 24.5. The van der Waals surface area contributed by atoms with Gasteiger partial charge in [0.25, 0.3) is 0 Å². The number of carbonyl (C=O) groups is 1. The number of thioether (sulfide) groups is 2. The average molecular weight is 472 g/mol. The highest BCUT2D eigenvalue weighted by molar-refractivity contribution is 8.75. The summed E-state index contributed by atoms with van der Waals surface area (Å²) in [6.45, 7) is 14.7. The van der Waals surface area contributed by atoms with Crippen LogP contribution in [0.5, 0.6) is 0 Å². The molecule has 1 fully saturated rings. The van der Waals surface area contributed by atoms with Crippen LogP contribution >= 0.6 is 45.3 Å². The van der Waals surface area contributed by atoms with Gasteiger partial charge in [-0.1, -0.05) is 49.8 Å². The summed E-state index contributed by atoms with van der Waals surface area (Å²) in [4.78, 5) is 23.1. The predicted octanol–water partition coefficient (Wildman–Crippen LogP) is 7.04. The number of benzene rings is 1. The van der Waals surface area contributed by atoms with Crippen LogP contribution in [0.4, 0.5) is 4.79 Å². The molecule has 9 heteroatoms. The maximum Gasteiger partial charge on any atom is 0.446 e. The van der Waals surface area contributed by atoms with E-state index in [4.69, 9.17) is 4.84 Å². The van der Waals surface area contributed by atoms with E-state index in [1.54, 1.807) is 18.8 Å². The lowest BCUT2D eigenvalue weighted by Crippen LogP contribution is -2.23. The summed E-state index contributed by atoms with van der Waals surface area (Å²) in [5.41, 5.74) is 1.41. The van der Waals surface area contributed by atoms with Crippen LogP contribution < -0.4 is 0 Å². The van der Waals surface area contributed by atoms with Gasteiger partial charge in [-0.15, -0.1) is 0 Å².